The zero-order chi connectivity index (χ0) is 10.5. The Balaban J connectivity index is 2.01. The van der Waals surface area contributed by atoms with E-state index in [1.54, 1.807) is 6.26 Å². The van der Waals surface area contributed by atoms with Crippen molar-refractivity contribution in [3.63, 3.8) is 0 Å². The van der Waals surface area contributed by atoms with E-state index in [2.05, 4.69) is 0 Å². The standard InChI is InChI=1S/C13H13NO/c14-12-6-4-5-11(9-12)10-15-13-7-2-1-3-8-13/h1-8,10H,9,14H2/b11-10+. The lowest BCUT2D eigenvalue weighted by atomic mass is 10.1. The summed E-state index contributed by atoms with van der Waals surface area (Å²) in [5.41, 5.74) is 7.65. The molecule has 2 rings (SSSR count). The average molecular weight is 199 g/mol. The molecule has 1 aromatic rings. The topological polar surface area (TPSA) is 35.2 Å². The van der Waals surface area contributed by atoms with Gasteiger partial charge in [-0.05, 0) is 23.8 Å². The molecule has 0 aromatic heterocycles. The van der Waals surface area contributed by atoms with Crippen LogP contribution < -0.4 is 10.5 Å². The first-order chi connectivity index (χ1) is 7.34. The molecule has 0 spiro atoms. The SMILES string of the molecule is NC1=CC=C/C(=C\Oc2ccccc2)C1. The first kappa shape index (κ1) is 9.59. The van der Waals surface area contributed by atoms with Crippen molar-refractivity contribution in [2.45, 2.75) is 6.42 Å². The van der Waals surface area contributed by atoms with E-state index in [1.165, 1.54) is 0 Å². The average Bonchev–Trinajstić information content (AvgIpc) is 2.28. The second-order valence-corrected chi connectivity index (χ2v) is 3.40. The summed E-state index contributed by atoms with van der Waals surface area (Å²) in [4.78, 5) is 0. The summed E-state index contributed by atoms with van der Waals surface area (Å²) in [5.74, 6) is 0.839. The van der Waals surface area contributed by atoms with Crippen LogP contribution in [0.15, 0.2) is 66.1 Å². The Morgan fingerprint density at radius 2 is 2.00 bits per heavy atom. The summed E-state index contributed by atoms with van der Waals surface area (Å²) >= 11 is 0. The van der Waals surface area contributed by atoms with Gasteiger partial charge in [0.15, 0.2) is 0 Å². The Morgan fingerprint density at radius 1 is 1.20 bits per heavy atom. The second kappa shape index (κ2) is 4.51. The van der Waals surface area contributed by atoms with Crippen LogP contribution >= 0.6 is 0 Å². The van der Waals surface area contributed by atoms with Crippen molar-refractivity contribution in [1.82, 2.24) is 0 Å². The minimum atomic E-state index is 0.753. The van der Waals surface area contributed by atoms with Crippen LogP contribution in [0, 0.1) is 0 Å². The van der Waals surface area contributed by atoms with E-state index >= 15 is 0 Å². The first-order valence-electron chi connectivity index (χ1n) is 4.88. The Hall–Kier alpha value is -1.96. The van der Waals surface area contributed by atoms with Crippen molar-refractivity contribution in [3.05, 3.63) is 66.1 Å². The Kier molecular flexibility index (Phi) is 2.88. The highest BCUT2D eigenvalue weighted by molar-refractivity contribution is 5.33. The van der Waals surface area contributed by atoms with Gasteiger partial charge in [-0.15, -0.1) is 0 Å². The fourth-order valence-electron chi connectivity index (χ4n) is 1.37. The molecule has 0 amide bonds. The van der Waals surface area contributed by atoms with Crippen molar-refractivity contribution in [1.29, 1.82) is 0 Å². The molecule has 0 saturated carbocycles. The van der Waals surface area contributed by atoms with E-state index < -0.39 is 0 Å². The molecule has 0 aliphatic heterocycles. The predicted octanol–water partition coefficient (Wildman–Crippen LogP) is 2.75. The van der Waals surface area contributed by atoms with E-state index in [-0.39, 0.29) is 0 Å². The van der Waals surface area contributed by atoms with Gasteiger partial charge >= 0.3 is 0 Å². The summed E-state index contributed by atoms with van der Waals surface area (Å²) in [6, 6.07) is 9.68. The smallest absolute Gasteiger partial charge is 0.126 e. The summed E-state index contributed by atoms with van der Waals surface area (Å²) in [7, 11) is 0. The molecule has 0 saturated heterocycles. The van der Waals surface area contributed by atoms with Gasteiger partial charge in [-0.3, -0.25) is 0 Å². The quantitative estimate of drug-likeness (QED) is 0.743. The number of allylic oxidation sites excluding steroid dienone is 4. The monoisotopic (exact) mass is 199 g/mol. The van der Waals surface area contributed by atoms with Gasteiger partial charge in [0.25, 0.3) is 0 Å². The van der Waals surface area contributed by atoms with Crippen LogP contribution in [-0.2, 0) is 0 Å². The third-order valence-corrected chi connectivity index (χ3v) is 2.12. The summed E-state index contributed by atoms with van der Waals surface area (Å²) in [5, 5.41) is 0. The normalized spacial score (nSPS) is 17.6. The number of nitrogens with two attached hydrogens (primary N) is 1. The number of hydrogen-bond acceptors (Lipinski definition) is 2. The number of benzene rings is 1. The van der Waals surface area contributed by atoms with Crippen LogP contribution in [0.1, 0.15) is 6.42 Å². The fraction of sp³-hybridized carbons (Fsp3) is 0.0769. The van der Waals surface area contributed by atoms with Crippen molar-refractivity contribution >= 4 is 0 Å². The maximum absolute atomic E-state index is 5.71. The minimum absolute atomic E-state index is 0.753. The lowest BCUT2D eigenvalue weighted by Crippen LogP contribution is -2.01. The molecule has 0 fully saturated rings. The van der Waals surface area contributed by atoms with Gasteiger partial charge in [-0.25, -0.2) is 0 Å². The van der Waals surface area contributed by atoms with Gasteiger partial charge in [-0.2, -0.15) is 0 Å². The number of para-hydroxylation sites is 1. The zero-order valence-corrected chi connectivity index (χ0v) is 8.39. The van der Waals surface area contributed by atoms with E-state index in [9.17, 15) is 0 Å². The van der Waals surface area contributed by atoms with Crippen LogP contribution in [0.5, 0.6) is 5.75 Å². The largest absolute Gasteiger partial charge is 0.465 e. The molecule has 15 heavy (non-hydrogen) atoms. The molecule has 2 N–H and O–H groups in total. The Morgan fingerprint density at radius 3 is 2.73 bits per heavy atom. The molecular formula is C13H13NO. The fourth-order valence-corrected chi connectivity index (χ4v) is 1.37. The molecule has 0 radical (unpaired) electrons. The van der Waals surface area contributed by atoms with Crippen LogP contribution in [0.25, 0.3) is 0 Å². The molecule has 0 atom stereocenters. The number of hydrogen-bond donors (Lipinski definition) is 1. The zero-order valence-electron chi connectivity index (χ0n) is 8.39. The van der Waals surface area contributed by atoms with Gasteiger partial charge in [0.1, 0.15) is 5.75 Å². The lowest BCUT2D eigenvalue weighted by Gasteiger charge is -2.07. The number of rotatable bonds is 2. The van der Waals surface area contributed by atoms with Crippen molar-refractivity contribution in [2.75, 3.05) is 0 Å². The van der Waals surface area contributed by atoms with Crippen molar-refractivity contribution in [3.8, 4) is 5.75 Å². The summed E-state index contributed by atoms with van der Waals surface area (Å²) in [6.45, 7) is 0. The molecule has 0 bridgehead atoms. The molecular weight excluding hydrogens is 186 g/mol. The number of ether oxygens (including phenoxy) is 1. The van der Waals surface area contributed by atoms with Gasteiger partial charge in [0.05, 0.1) is 6.26 Å². The minimum Gasteiger partial charge on any atom is -0.465 e. The van der Waals surface area contributed by atoms with E-state index in [0.29, 0.717) is 0 Å². The van der Waals surface area contributed by atoms with Crippen LogP contribution in [0.2, 0.25) is 0 Å². The molecule has 1 aliphatic rings. The highest BCUT2D eigenvalue weighted by atomic mass is 16.5. The molecule has 2 nitrogen and oxygen atoms in total. The molecule has 2 heteroatoms. The van der Waals surface area contributed by atoms with E-state index in [4.69, 9.17) is 10.5 Å². The third kappa shape index (κ3) is 2.74. The highest BCUT2D eigenvalue weighted by Crippen LogP contribution is 2.16. The Labute approximate surface area is 89.4 Å². The van der Waals surface area contributed by atoms with Gasteiger partial charge in [0, 0.05) is 12.1 Å². The first-order valence-corrected chi connectivity index (χ1v) is 4.88. The molecule has 76 valence electrons. The van der Waals surface area contributed by atoms with Crippen molar-refractivity contribution < 1.29 is 4.74 Å². The molecule has 1 aromatic carbocycles. The van der Waals surface area contributed by atoms with Gasteiger partial charge < -0.3 is 10.5 Å². The predicted molar refractivity (Wildman–Crippen MR) is 61.2 cm³/mol. The maximum atomic E-state index is 5.71. The third-order valence-electron chi connectivity index (χ3n) is 2.12. The van der Waals surface area contributed by atoms with Crippen molar-refractivity contribution in [2.24, 2.45) is 5.73 Å². The highest BCUT2D eigenvalue weighted by Gasteiger charge is 2.00. The summed E-state index contributed by atoms with van der Waals surface area (Å²) in [6.07, 6.45) is 8.33. The van der Waals surface area contributed by atoms with E-state index in [0.717, 1.165) is 23.4 Å². The van der Waals surface area contributed by atoms with E-state index in [1.807, 2.05) is 48.6 Å². The van der Waals surface area contributed by atoms with Gasteiger partial charge in [-0.1, -0.05) is 30.4 Å². The summed E-state index contributed by atoms with van der Waals surface area (Å²) < 4.78 is 5.50. The van der Waals surface area contributed by atoms with Gasteiger partial charge in [0.2, 0.25) is 0 Å². The molecule has 0 heterocycles. The molecule has 0 unspecified atom stereocenters. The van der Waals surface area contributed by atoms with Crippen LogP contribution in [0.4, 0.5) is 0 Å². The lowest BCUT2D eigenvalue weighted by molar-refractivity contribution is 0.475. The molecule has 1 aliphatic carbocycles. The van der Waals surface area contributed by atoms with Crippen LogP contribution in [-0.4, -0.2) is 0 Å². The second-order valence-electron chi connectivity index (χ2n) is 3.40. The Bertz CT molecular complexity index is 415. The maximum Gasteiger partial charge on any atom is 0.126 e. The van der Waals surface area contributed by atoms with Crippen LogP contribution in [0.3, 0.4) is 0 Å².